The summed E-state index contributed by atoms with van der Waals surface area (Å²) >= 11 is 0. The fraction of sp³-hybridized carbons (Fsp3) is 0.310. The van der Waals surface area contributed by atoms with Crippen molar-refractivity contribution in [2.45, 2.75) is 19.8 Å². The maximum atomic E-state index is 9.57. The predicted octanol–water partition coefficient (Wildman–Crippen LogP) is 5.22. The van der Waals surface area contributed by atoms with Crippen LogP contribution in [-0.4, -0.2) is 54.7 Å². The van der Waals surface area contributed by atoms with E-state index in [2.05, 4.69) is 85.0 Å². The van der Waals surface area contributed by atoms with Crippen molar-refractivity contribution >= 4 is 16.8 Å². The van der Waals surface area contributed by atoms with Crippen molar-refractivity contribution in [2.24, 2.45) is 0 Å². The molecule has 4 nitrogen and oxygen atoms in total. The van der Waals surface area contributed by atoms with Crippen LogP contribution in [0.3, 0.4) is 0 Å². The van der Waals surface area contributed by atoms with E-state index in [1.54, 1.807) is 0 Å². The van der Waals surface area contributed by atoms with E-state index in [-0.39, 0.29) is 6.61 Å². The van der Waals surface area contributed by atoms with Crippen molar-refractivity contribution in [1.82, 2.24) is 9.80 Å². The minimum absolute atomic E-state index is 0.153. The lowest BCUT2D eigenvalue weighted by molar-refractivity contribution is 0.190. The Morgan fingerprint density at radius 1 is 0.970 bits per heavy atom. The zero-order chi connectivity index (χ0) is 23.6. The highest BCUT2D eigenvalue weighted by Crippen LogP contribution is 2.35. The Balaban J connectivity index is 2.01. The summed E-state index contributed by atoms with van der Waals surface area (Å²) in [4.78, 5) is 4.79. The molecule has 4 heteroatoms. The maximum absolute atomic E-state index is 9.57. The van der Waals surface area contributed by atoms with Crippen LogP contribution in [0.1, 0.15) is 30.9 Å². The summed E-state index contributed by atoms with van der Waals surface area (Å²) in [6, 6.07) is 18.4. The van der Waals surface area contributed by atoms with Gasteiger partial charge in [-0.15, -0.1) is 0 Å². The van der Waals surface area contributed by atoms with Gasteiger partial charge >= 0.3 is 0 Å². The van der Waals surface area contributed by atoms with Gasteiger partial charge in [0.1, 0.15) is 0 Å². The van der Waals surface area contributed by atoms with Gasteiger partial charge in [-0.05, 0) is 72.9 Å². The quantitative estimate of drug-likeness (QED) is 0.317. The Kier molecular flexibility index (Phi) is 9.11. The summed E-state index contributed by atoms with van der Waals surface area (Å²) in [5, 5.41) is 9.57. The third-order valence-corrected chi connectivity index (χ3v) is 6.15. The number of nitrogen functional groups attached to an aromatic ring is 1. The monoisotopic (exact) mass is 443 g/mol. The second-order valence-electron chi connectivity index (χ2n) is 8.53. The highest BCUT2D eigenvalue weighted by atomic mass is 16.2. The molecular formula is C29H37N3O. The van der Waals surface area contributed by atoms with Gasteiger partial charge in [-0.2, -0.15) is 0 Å². The number of rotatable bonds is 9. The van der Waals surface area contributed by atoms with Crippen molar-refractivity contribution in [1.29, 1.82) is 0 Å². The number of allylic oxidation sites excluding steroid dienone is 6. The highest BCUT2D eigenvalue weighted by Gasteiger charge is 2.16. The second kappa shape index (κ2) is 12.2. The second-order valence-corrected chi connectivity index (χ2v) is 8.53. The molecule has 0 radical (unpaired) electrons. The summed E-state index contributed by atoms with van der Waals surface area (Å²) < 4.78 is 0. The topological polar surface area (TPSA) is 52.7 Å². The summed E-state index contributed by atoms with van der Waals surface area (Å²) in [7, 11) is 2.17. The fourth-order valence-corrected chi connectivity index (χ4v) is 4.23. The number of hydrogen-bond donors (Lipinski definition) is 2. The number of aliphatic hydroxyl groups is 1. The fourth-order valence-electron chi connectivity index (χ4n) is 4.23. The molecule has 3 N–H and O–H groups in total. The molecule has 1 saturated heterocycles. The van der Waals surface area contributed by atoms with Crippen molar-refractivity contribution < 1.29 is 5.11 Å². The van der Waals surface area contributed by atoms with E-state index < -0.39 is 0 Å². The Morgan fingerprint density at radius 3 is 2.24 bits per heavy atom. The Bertz CT molecular complexity index is 995. The number of hydrogen-bond acceptors (Lipinski definition) is 4. The first-order valence-corrected chi connectivity index (χ1v) is 11.8. The predicted molar refractivity (Wildman–Crippen MR) is 142 cm³/mol. The van der Waals surface area contributed by atoms with E-state index in [1.165, 1.54) is 11.3 Å². The van der Waals surface area contributed by atoms with Gasteiger partial charge in [0.15, 0.2) is 0 Å². The van der Waals surface area contributed by atoms with Crippen molar-refractivity contribution in [2.75, 3.05) is 45.6 Å². The number of piperazine rings is 1. The van der Waals surface area contributed by atoms with Gasteiger partial charge < -0.3 is 20.6 Å². The van der Waals surface area contributed by atoms with Gasteiger partial charge in [0, 0.05) is 44.2 Å². The minimum atomic E-state index is 0.153. The number of benzene rings is 2. The third-order valence-electron chi connectivity index (χ3n) is 6.15. The molecule has 1 fully saturated rings. The molecule has 2 aromatic rings. The molecule has 174 valence electrons. The van der Waals surface area contributed by atoms with Crippen molar-refractivity contribution in [3.05, 3.63) is 102 Å². The Morgan fingerprint density at radius 2 is 1.64 bits per heavy atom. The molecule has 0 spiro atoms. The summed E-state index contributed by atoms with van der Waals surface area (Å²) in [5.74, 6) is 0. The smallest absolute Gasteiger partial charge is 0.0434 e. The molecule has 0 saturated carbocycles. The molecule has 0 bridgehead atoms. The molecule has 33 heavy (non-hydrogen) atoms. The van der Waals surface area contributed by atoms with Crippen LogP contribution in [0, 0.1) is 0 Å². The molecule has 2 aromatic carbocycles. The Labute approximate surface area is 199 Å². The maximum Gasteiger partial charge on any atom is 0.0434 e. The number of nitrogens with two attached hydrogens (primary N) is 1. The van der Waals surface area contributed by atoms with Crippen molar-refractivity contribution in [3.63, 3.8) is 0 Å². The molecule has 0 amide bonds. The molecule has 0 atom stereocenters. The van der Waals surface area contributed by atoms with E-state index in [0.29, 0.717) is 6.42 Å². The SMILES string of the molecule is C=C(/C=C\C(=C/C)N1CCN(C)CC1)/C(=C(/CCCO)c1ccccc1)c1ccc(N)cc1. The van der Waals surface area contributed by atoms with E-state index in [1.807, 2.05) is 18.2 Å². The van der Waals surface area contributed by atoms with Gasteiger partial charge in [0.2, 0.25) is 0 Å². The molecule has 0 aromatic heterocycles. The molecule has 1 heterocycles. The molecule has 1 aliphatic rings. The average Bonchev–Trinajstić information content (AvgIpc) is 2.84. The van der Waals surface area contributed by atoms with E-state index in [4.69, 9.17) is 5.73 Å². The first-order chi connectivity index (χ1) is 16.0. The van der Waals surface area contributed by atoms with E-state index in [9.17, 15) is 5.11 Å². The summed E-state index contributed by atoms with van der Waals surface area (Å²) in [6.07, 6.45) is 7.94. The van der Waals surface area contributed by atoms with Gasteiger partial charge in [-0.1, -0.05) is 61.2 Å². The highest BCUT2D eigenvalue weighted by molar-refractivity contribution is 5.99. The molecule has 0 aliphatic carbocycles. The van der Waals surface area contributed by atoms with Crippen LogP contribution in [0.4, 0.5) is 5.69 Å². The van der Waals surface area contributed by atoms with Crippen LogP contribution in [-0.2, 0) is 0 Å². The van der Waals surface area contributed by atoms with E-state index in [0.717, 1.165) is 60.6 Å². The third kappa shape index (κ3) is 6.70. The molecule has 3 rings (SSSR count). The zero-order valence-electron chi connectivity index (χ0n) is 20.0. The standard InChI is InChI=1S/C29H37N3O/c1-4-27(32-20-18-31(3)19-21-32)17-12-23(2)29(25-13-15-26(30)16-14-25)28(11-8-22-33)24-9-6-5-7-10-24/h4-7,9-10,12-17,33H,2,8,11,18-22,30H2,1,3H3/b17-12-,27-4+,29-28+. The number of anilines is 1. The number of nitrogens with zero attached hydrogens (tertiary/aromatic N) is 2. The number of likely N-dealkylation sites (N-methyl/N-ethyl adjacent to an activating group) is 1. The average molecular weight is 444 g/mol. The van der Waals surface area contributed by atoms with Crippen LogP contribution < -0.4 is 5.73 Å². The van der Waals surface area contributed by atoms with Crippen LogP contribution >= 0.6 is 0 Å². The lowest BCUT2D eigenvalue weighted by atomic mass is 9.87. The van der Waals surface area contributed by atoms with Gasteiger partial charge in [0.25, 0.3) is 0 Å². The van der Waals surface area contributed by atoms with Crippen LogP contribution in [0.2, 0.25) is 0 Å². The molecule has 1 aliphatic heterocycles. The molecular weight excluding hydrogens is 406 g/mol. The van der Waals surface area contributed by atoms with Crippen LogP contribution in [0.5, 0.6) is 0 Å². The normalized spacial score (nSPS) is 16.2. The minimum Gasteiger partial charge on any atom is -0.399 e. The van der Waals surface area contributed by atoms with Crippen LogP contribution in [0.15, 0.2) is 90.7 Å². The van der Waals surface area contributed by atoms with Gasteiger partial charge in [0.05, 0.1) is 0 Å². The largest absolute Gasteiger partial charge is 0.399 e. The van der Waals surface area contributed by atoms with Gasteiger partial charge in [-0.3, -0.25) is 0 Å². The van der Waals surface area contributed by atoms with Gasteiger partial charge in [-0.25, -0.2) is 0 Å². The first-order valence-electron chi connectivity index (χ1n) is 11.8. The lowest BCUT2D eigenvalue weighted by Crippen LogP contribution is -2.43. The zero-order valence-corrected chi connectivity index (χ0v) is 20.0. The Hall–Kier alpha value is -3.08. The van der Waals surface area contributed by atoms with Crippen molar-refractivity contribution in [3.8, 4) is 0 Å². The summed E-state index contributed by atoms with van der Waals surface area (Å²) in [5.41, 5.74) is 13.4. The number of aliphatic hydroxyl groups excluding tert-OH is 1. The lowest BCUT2D eigenvalue weighted by Gasteiger charge is -2.34. The first kappa shape index (κ1) is 24.6. The summed E-state index contributed by atoms with van der Waals surface area (Å²) in [6.45, 7) is 10.9. The molecule has 0 unspecified atom stereocenters. The van der Waals surface area contributed by atoms with E-state index >= 15 is 0 Å². The van der Waals surface area contributed by atoms with Crippen LogP contribution in [0.25, 0.3) is 11.1 Å².